The fourth-order valence-corrected chi connectivity index (χ4v) is 2.36. The van der Waals surface area contributed by atoms with Gasteiger partial charge in [0.05, 0.1) is 5.56 Å². The molecule has 0 bridgehead atoms. The van der Waals surface area contributed by atoms with Crippen LogP contribution in [-0.2, 0) is 12.7 Å². The molecule has 126 valence electrons. The van der Waals surface area contributed by atoms with Crippen molar-refractivity contribution in [2.45, 2.75) is 26.6 Å². The first-order chi connectivity index (χ1) is 10.4. The van der Waals surface area contributed by atoms with Gasteiger partial charge in [0, 0.05) is 45.5 Å². The first-order valence-corrected chi connectivity index (χ1v) is 7.68. The van der Waals surface area contributed by atoms with E-state index in [2.05, 4.69) is 22.2 Å². The molecule has 2 rings (SSSR count). The van der Waals surface area contributed by atoms with Crippen LogP contribution in [0.2, 0.25) is 0 Å². The summed E-state index contributed by atoms with van der Waals surface area (Å²) in [6.07, 6.45) is -4.30. The number of nitrogens with one attached hydrogen (secondary N) is 1. The quantitative estimate of drug-likeness (QED) is 0.920. The Morgan fingerprint density at radius 3 is 2.14 bits per heavy atom. The molecule has 1 aromatic carbocycles. The lowest BCUT2D eigenvalue weighted by molar-refractivity contribution is -0.137. The van der Waals surface area contributed by atoms with Crippen molar-refractivity contribution in [3.05, 3.63) is 29.3 Å². The molecule has 22 heavy (non-hydrogen) atoms. The van der Waals surface area contributed by atoms with Crippen LogP contribution in [-0.4, -0.2) is 50.1 Å². The van der Waals surface area contributed by atoms with E-state index in [-0.39, 0.29) is 0 Å². The van der Waals surface area contributed by atoms with Gasteiger partial charge in [-0.15, -0.1) is 0 Å². The van der Waals surface area contributed by atoms with Gasteiger partial charge in [0.25, 0.3) is 0 Å². The van der Waals surface area contributed by atoms with E-state index in [1.807, 2.05) is 13.8 Å². The van der Waals surface area contributed by atoms with Crippen molar-refractivity contribution in [2.75, 3.05) is 45.6 Å². The van der Waals surface area contributed by atoms with E-state index in [9.17, 15) is 13.2 Å². The summed E-state index contributed by atoms with van der Waals surface area (Å²) < 4.78 is 38.6. The topological polar surface area (TPSA) is 18.5 Å². The Morgan fingerprint density at radius 2 is 1.64 bits per heavy atom. The third-order valence-electron chi connectivity index (χ3n) is 3.61. The molecule has 0 spiro atoms. The van der Waals surface area contributed by atoms with Gasteiger partial charge in [-0.1, -0.05) is 13.8 Å². The summed E-state index contributed by atoms with van der Waals surface area (Å²) in [4.78, 5) is 4.41. The average molecular weight is 317 g/mol. The number of piperazine rings is 1. The number of halogens is 3. The third-order valence-corrected chi connectivity index (χ3v) is 3.61. The van der Waals surface area contributed by atoms with Crippen molar-refractivity contribution in [2.24, 2.45) is 0 Å². The molecule has 0 radical (unpaired) electrons. The molecule has 0 aliphatic carbocycles. The number of alkyl halides is 3. The highest BCUT2D eigenvalue weighted by molar-refractivity contribution is 5.49. The second-order valence-corrected chi connectivity index (χ2v) is 5.25. The van der Waals surface area contributed by atoms with Crippen LogP contribution in [0.5, 0.6) is 0 Å². The van der Waals surface area contributed by atoms with E-state index in [1.165, 1.54) is 6.07 Å². The molecule has 1 saturated heterocycles. The Morgan fingerprint density at radius 1 is 1.05 bits per heavy atom. The zero-order valence-corrected chi connectivity index (χ0v) is 13.8. The molecule has 1 fully saturated rings. The van der Waals surface area contributed by atoms with Gasteiger partial charge in [-0.3, -0.25) is 4.90 Å². The van der Waals surface area contributed by atoms with Gasteiger partial charge in [-0.2, -0.15) is 13.2 Å². The molecule has 0 atom stereocenters. The monoisotopic (exact) mass is 317 g/mol. The molecule has 1 aliphatic heterocycles. The summed E-state index contributed by atoms with van der Waals surface area (Å²) in [5.74, 6) is 0. The van der Waals surface area contributed by atoms with Crippen LogP contribution < -0.4 is 5.32 Å². The van der Waals surface area contributed by atoms with Crippen molar-refractivity contribution >= 4 is 5.69 Å². The van der Waals surface area contributed by atoms with Crippen molar-refractivity contribution in [3.8, 4) is 0 Å². The lowest BCUT2D eigenvalue weighted by Gasteiger charge is -2.32. The second-order valence-electron chi connectivity index (χ2n) is 5.25. The van der Waals surface area contributed by atoms with E-state index in [1.54, 1.807) is 13.1 Å². The van der Waals surface area contributed by atoms with Crippen molar-refractivity contribution < 1.29 is 13.2 Å². The highest BCUT2D eigenvalue weighted by atomic mass is 19.4. The molecule has 3 nitrogen and oxygen atoms in total. The normalized spacial score (nSPS) is 16.9. The molecule has 6 heteroatoms. The molecule has 1 aliphatic rings. The number of anilines is 1. The zero-order valence-electron chi connectivity index (χ0n) is 13.8. The van der Waals surface area contributed by atoms with Crippen LogP contribution in [0.1, 0.15) is 25.0 Å². The van der Waals surface area contributed by atoms with E-state index in [0.717, 1.165) is 32.2 Å². The Labute approximate surface area is 131 Å². The first-order valence-electron chi connectivity index (χ1n) is 7.68. The summed E-state index contributed by atoms with van der Waals surface area (Å²) in [6.45, 7) is 8.26. The van der Waals surface area contributed by atoms with Crippen molar-refractivity contribution in [1.29, 1.82) is 0 Å². The van der Waals surface area contributed by atoms with Crippen LogP contribution in [0.3, 0.4) is 0 Å². The lowest BCUT2D eigenvalue weighted by atomic mass is 10.1. The van der Waals surface area contributed by atoms with E-state index >= 15 is 0 Å². The predicted molar refractivity (Wildman–Crippen MR) is 85.1 cm³/mol. The van der Waals surface area contributed by atoms with Crippen LogP contribution in [0.15, 0.2) is 18.2 Å². The fourth-order valence-electron chi connectivity index (χ4n) is 2.36. The number of hydrogen-bond donors (Lipinski definition) is 1. The number of rotatable bonds is 3. The summed E-state index contributed by atoms with van der Waals surface area (Å²) in [7, 11) is 3.69. The van der Waals surface area contributed by atoms with Crippen molar-refractivity contribution in [1.82, 2.24) is 9.80 Å². The Hall–Kier alpha value is -1.27. The van der Waals surface area contributed by atoms with Gasteiger partial charge in [-0.05, 0) is 30.8 Å². The highest BCUT2D eigenvalue weighted by Crippen LogP contribution is 2.32. The summed E-state index contributed by atoms with van der Waals surface area (Å²) >= 11 is 0. The predicted octanol–water partition coefficient (Wildman–Crippen LogP) is 3.52. The van der Waals surface area contributed by atoms with Crippen LogP contribution >= 0.6 is 0 Å². The molecule has 0 saturated carbocycles. The van der Waals surface area contributed by atoms with Crippen molar-refractivity contribution in [3.63, 3.8) is 0 Å². The first kappa shape index (κ1) is 18.8. The van der Waals surface area contributed by atoms with Gasteiger partial charge < -0.3 is 10.2 Å². The Balaban J connectivity index is 0.00000116. The maximum atomic E-state index is 12.9. The molecule has 0 unspecified atom stereocenters. The van der Waals surface area contributed by atoms with E-state index in [4.69, 9.17) is 0 Å². The zero-order chi connectivity index (χ0) is 16.8. The minimum Gasteiger partial charge on any atom is -0.388 e. The number of benzene rings is 1. The number of likely N-dealkylation sites (N-methyl/N-ethyl adjacent to an activating group) is 1. The largest absolute Gasteiger partial charge is 0.416 e. The second kappa shape index (κ2) is 8.39. The lowest BCUT2D eigenvalue weighted by Crippen LogP contribution is -2.43. The van der Waals surface area contributed by atoms with Crippen LogP contribution in [0, 0.1) is 0 Å². The van der Waals surface area contributed by atoms with Crippen LogP contribution in [0.25, 0.3) is 0 Å². The average Bonchev–Trinajstić information content (AvgIpc) is 2.50. The summed E-state index contributed by atoms with van der Waals surface area (Å²) in [6, 6.07) is 4.18. The molecule has 1 N–H and O–H groups in total. The Bertz CT molecular complexity index is 452. The number of hydrogen-bond acceptors (Lipinski definition) is 3. The molecule has 1 aromatic rings. The Kier molecular flexibility index (Phi) is 7.16. The fraction of sp³-hybridized carbons (Fsp3) is 0.625. The SMILES string of the molecule is CC.CNc1cc(CN2CCN(C)CC2)cc(C(F)(F)F)c1. The van der Waals surface area contributed by atoms with E-state index < -0.39 is 11.7 Å². The maximum absolute atomic E-state index is 12.9. The standard InChI is InChI=1S/C14H20F3N3.C2H6/c1-18-13-8-11(7-12(9-13)14(15,16)17)10-20-5-3-19(2)4-6-20;1-2/h7-9,18H,3-6,10H2,1-2H3;1-2H3. The highest BCUT2D eigenvalue weighted by Gasteiger charge is 2.31. The summed E-state index contributed by atoms with van der Waals surface area (Å²) in [5, 5.41) is 2.80. The van der Waals surface area contributed by atoms with Gasteiger partial charge >= 0.3 is 6.18 Å². The molecule has 0 aromatic heterocycles. The van der Waals surface area contributed by atoms with Crippen LogP contribution in [0.4, 0.5) is 18.9 Å². The molecule has 1 heterocycles. The molecule has 0 amide bonds. The van der Waals surface area contributed by atoms with E-state index in [0.29, 0.717) is 17.8 Å². The number of nitrogens with zero attached hydrogens (tertiary/aromatic N) is 2. The van der Waals surface area contributed by atoms with Gasteiger partial charge in [-0.25, -0.2) is 0 Å². The smallest absolute Gasteiger partial charge is 0.388 e. The summed E-state index contributed by atoms with van der Waals surface area (Å²) in [5.41, 5.74) is 0.617. The minimum absolute atomic E-state index is 0.504. The minimum atomic E-state index is -4.30. The van der Waals surface area contributed by atoms with Gasteiger partial charge in [0.15, 0.2) is 0 Å². The molecular formula is C16H26F3N3. The molecular weight excluding hydrogens is 291 g/mol. The maximum Gasteiger partial charge on any atom is 0.416 e. The van der Waals surface area contributed by atoms with Gasteiger partial charge in [0.2, 0.25) is 0 Å². The third kappa shape index (κ3) is 5.50. The van der Waals surface area contributed by atoms with Gasteiger partial charge in [0.1, 0.15) is 0 Å².